The zero-order valence-electron chi connectivity index (χ0n) is 16.2. The van der Waals surface area contributed by atoms with Crippen LogP contribution in [0.5, 0.6) is 5.75 Å². The molecule has 1 aliphatic heterocycles. The third kappa shape index (κ3) is 4.38. The first-order valence-corrected chi connectivity index (χ1v) is 9.34. The van der Waals surface area contributed by atoms with Gasteiger partial charge in [-0.25, -0.2) is 4.98 Å². The summed E-state index contributed by atoms with van der Waals surface area (Å²) in [4.78, 5) is 7.15. The van der Waals surface area contributed by atoms with E-state index >= 15 is 0 Å². The third-order valence-electron chi connectivity index (χ3n) is 5.07. The highest BCUT2D eigenvalue weighted by molar-refractivity contribution is 5.85. The number of oxazole rings is 1. The molecule has 1 saturated heterocycles. The molecule has 2 aromatic carbocycles. The molecular formula is C22H26ClN3O2. The second kappa shape index (κ2) is 9.24. The predicted octanol–water partition coefficient (Wildman–Crippen LogP) is 4.23. The lowest BCUT2D eigenvalue weighted by molar-refractivity contribution is 0.149. The minimum atomic E-state index is 0. The van der Waals surface area contributed by atoms with Crippen LogP contribution < -0.4 is 10.1 Å². The summed E-state index contributed by atoms with van der Waals surface area (Å²) in [5.74, 6) is 1.60. The van der Waals surface area contributed by atoms with Crippen LogP contribution in [0.2, 0.25) is 0 Å². The van der Waals surface area contributed by atoms with Crippen molar-refractivity contribution in [3.63, 3.8) is 0 Å². The molecule has 1 aromatic heterocycles. The van der Waals surface area contributed by atoms with E-state index in [1.54, 1.807) is 13.4 Å². The van der Waals surface area contributed by atoms with Crippen LogP contribution in [0.3, 0.4) is 0 Å². The van der Waals surface area contributed by atoms with E-state index in [0.29, 0.717) is 5.89 Å². The summed E-state index contributed by atoms with van der Waals surface area (Å²) >= 11 is 0. The molecule has 0 saturated carbocycles. The molecule has 2 heterocycles. The van der Waals surface area contributed by atoms with Crippen molar-refractivity contribution in [3.8, 4) is 17.2 Å². The summed E-state index contributed by atoms with van der Waals surface area (Å²) in [5.41, 5.74) is 4.39. The van der Waals surface area contributed by atoms with E-state index < -0.39 is 0 Å². The number of aromatic nitrogens is 1. The molecule has 1 aliphatic rings. The predicted molar refractivity (Wildman–Crippen MR) is 113 cm³/mol. The van der Waals surface area contributed by atoms with Crippen molar-refractivity contribution in [3.05, 3.63) is 71.6 Å². The van der Waals surface area contributed by atoms with E-state index in [9.17, 15) is 0 Å². The van der Waals surface area contributed by atoms with Crippen LogP contribution in [0.4, 0.5) is 0 Å². The van der Waals surface area contributed by atoms with Crippen molar-refractivity contribution in [2.45, 2.75) is 19.5 Å². The Hall–Kier alpha value is -2.34. The second-order valence-electron chi connectivity index (χ2n) is 6.94. The average Bonchev–Trinajstić information content (AvgIpc) is 3.17. The Labute approximate surface area is 172 Å². The minimum Gasteiger partial charge on any atom is -0.496 e. The number of hydrogen-bond donors (Lipinski definition) is 1. The Kier molecular flexibility index (Phi) is 6.73. The molecular weight excluding hydrogens is 374 g/mol. The first-order chi connectivity index (χ1) is 13.2. The smallest absolute Gasteiger partial charge is 0.226 e. The number of ether oxygens (including phenoxy) is 1. The normalized spacial score (nSPS) is 17.1. The summed E-state index contributed by atoms with van der Waals surface area (Å²) in [5, 5.41) is 3.50. The van der Waals surface area contributed by atoms with Crippen molar-refractivity contribution in [2.24, 2.45) is 0 Å². The first-order valence-electron chi connectivity index (χ1n) is 9.34. The van der Waals surface area contributed by atoms with Crippen LogP contribution >= 0.6 is 12.4 Å². The molecule has 0 bridgehead atoms. The highest BCUT2D eigenvalue weighted by atomic mass is 35.5. The minimum absolute atomic E-state index is 0. The van der Waals surface area contributed by atoms with Gasteiger partial charge in [-0.15, -0.1) is 12.4 Å². The quantitative estimate of drug-likeness (QED) is 0.695. The largest absolute Gasteiger partial charge is 0.496 e. The zero-order chi connectivity index (χ0) is 18.6. The maximum Gasteiger partial charge on any atom is 0.226 e. The van der Waals surface area contributed by atoms with Gasteiger partial charge in [0, 0.05) is 37.3 Å². The topological polar surface area (TPSA) is 50.5 Å². The van der Waals surface area contributed by atoms with Crippen molar-refractivity contribution in [1.82, 2.24) is 15.2 Å². The van der Waals surface area contributed by atoms with Gasteiger partial charge in [0.05, 0.1) is 18.8 Å². The van der Waals surface area contributed by atoms with E-state index in [-0.39, 0.29) is 18.4 Å². The number of benzene rings is 2. The summed E-state index contributed by atoms with van der Waals surface area (Å²) in [6.45, 7) is 5.64. The van der Waals surface area contributed by atoms with Crippen LogP contribution in [0, 0.1) is 6.92 Å². The second-order valence-corrected chi connectivity index (χ2v) is 6.94. The van der Waals surface area contributed by atoms with Gasteiger partial charge >= 0.3 is 0 Å². The fourth-order valence-electron chi connectivity index (χ4n) is 3.60. The van der Waals surface area contributed by atoms with Gasteiger partial charge in [0.25, 0.3) is 0 Å². The molecule has 148 valence electrons. The Morgan fingerprint density at radius 3 is 2.75 bits per heavy atom. The number of halogens is 1. The molecule has 4 rings (SSSR count). The Bertz CT molecular complexity index is 895. The van der Waals surface area contributed by atoms with Gasteiger partial charge < -0.3 is 14.5 Å². The summed E-state index contributed by atoms with van der Waals surface area (Å²) in [7, 11) is 1.73. The fourth-order valence-corrected chi connectivity index (χ4v) is 3.60. The van der Waals surface area contributed by atoms with E-state index in [0.717, 1.165) is 43.2 Å². The third-order valence-corrected chi connectivity index (χ3v) is 5.07. The molecule has 1 N–H and O–H groups in total. The van der Waals surface area contributed by atoms with Crippen LogP contribution in [-0.4, -0.2) is 36.6 Å². The molecule has 1 fully saturated rings. The zero-order valence-corrected chi connectivity index (χ0v) is 17.0. The Morgan fingerprint density at radius 2 is 1.96 bits per heavy atom. The monoisotopic (exact) mass is 399 g/mol. The molecule has 0 spiro atoms. The summed E-state index contributed by atoms with van der Waals surface area (Å²) in [6.07, 6.45) is 1.77. The summed E-state index contributed by atoms with van der Waals surface area (Å²) < 4.78 is 11.3. The maximum absolute atomic E-state index is 5.74. The van der Waals surface area contributed by atoms with Crippen LogP contribution in [0.1, 0.15) is 22.9 Å². The molecule has 28 heavy (non-hydrogen) atoms. The number of nitrogens with zero attached hydrogens (tertiary/aromatic N) is 2. The van der Waals surface area contributed by atoms with Crippen LogP contribution in [0.15, 0.2) is 59.2 Å². The summed E-state index contributed by atoms with van der Waals surface area (Å²) in [6, 6.07) is 16.7. The molecule has 1 atom stereocenters. The lowest BCUT2D eigenvalue weighted by Gasteiger charge is -2.36. The van der Waals surface area contributed by atoms with Gasteiger partial charge in [-0.1, -0.05) is 35.9 Å². The van der Waals surface area contributed by atoms with E-state index in [1.165, 1.54) is 11.1 Å². The standard InChI is InChI=1S/C22H25N3O2.ClH/c1-16-7-9-17(10-8-16)22-24-18(15-27-22)14-25-12-11-23-13-20(25)19-5-3-4-6-21(19)26-2;/h3-10,15,20,23H,11-14H2,1-2H3;1H. The van der Waals surface area contributed by atoms with Crippen molar-refractivity contribution >= 4 is 12.4 Å². The molecule has 0 radical (unpaired) electrons. The van der Waals surface area contributed by atoms with E-state index in [1.807, 2.05) is 24.3 Å². The fraction of sp³-hybridized carbons (Fsp3) is 0.318. The highest BCUT2D eigenvalue weighted by Crippen LogP contribution is 2.31. The van der Waals surface area contributed by atoms with E-state index in [2.05, 4.69) is 41.4 Å². The maximum atomic E-state index is 5.74. The van der Waals surface area contributed by atoms with Crippen LogP contribution in [0.25, 0.3) is 11.5 Å². The van der Waals surface area contributed by atoms with Crippen molar-refractivity contribution in [1.29, 1.82) is 0 Å². The number of methoxy groups -OCH3 is 1. The number of nitrogens with one attached hydrogen (secondary N) is 1. The average molecular weight is 400 g/mol. The molecule has 3 aromatic rings. The Balaban J connectivity index is 0.00000225. The highest BCUT2D eigenvalue weighted by Gasteiger charge is 2.27. The lowest BCUT2D eigenvalue weighted by atomic mass is 10.0. The first kappa shape index (κ1) is 20.4. The number of piperazine rings is 1. The molecule has 1 unspecified atom stereocenters. The van der Waals surface area contributed by atoms with Crippen molar-refractivity contribution in [2.75, 3.05) is 26.7 Å². The molecule has 0 amide bonds. The lowest BCUT2D eigenvalue weighted by Crippen LogP contribution is -2.45. The molecule has 5 nitrogen and oxygen atoms in total. The SMILES string of the molecule is COc1ccccc1C1CNCCN1Cc1coc(-c2ccc(C)cc2)n1.Cl. The number of rotatable bonds is 5. The number of hydrogen-bond acceptors (Lipinski definition) is 5. The van der Waals surface area contributed by atoms with E-state index in [4.69, 9.17) is 14.1 Å². The van der Waals surface area contributed by atoms with Gasteiger partial charge in [-0.2, -0.15) is 0 Å². The number of para-hydroxylation sites is 1. The molecule has 6 heteroatoms. The molecule has 0 aliphatic carbocycles. The van der Waals surface area contributed by atoms with Gasteiger partial charge in [0.1, 0.15) is 12.0 Å². The van der Waals surface area contributed by atoms with Gasteiger partial charge in [0.2, 0.25) is 5.89 Å². The van der Waals surface area contributed by atoms with Crippen molar-refractivity contribution < 1.29 is 9.15 Å². The van der Waals surface area contributed by atoms with Gasteiger partial charge in [-0.3, -0.25) is 4.90 Å². The number of aryl methyl sites for hydroxylation is 1. The Morgan fingerprint density at radius 1 is 1.18 bits per heavy atom. The van der Waals surface area contributed by atoms with Crippen LogP contribution in [-0.2, 0) is 6.54 Å². The van der Waals surface area contributed by atoms with Gasteiger partial charge in [-0.05, 0) is 25.1 Å². The van der Waals surface area contributed by atoms with Gasteiger partial charge in [0.15, 0.2) is 0 Å².